The second-order valence-electron chi connectivity index (χ2n) is 4.68. The molecule has 0 spiro atoms. The molecule has 0 radical (unpaired) electrons. The largest absolute Gasteiger partial charge is 0.409 e. The van der Waals surface area contributed by atoms with Gasteiger partial charge >= 0.3 is 0 Å². The van der Waals surface area contributed by atoms with E-state index in [4.69, 9.17) is 10.9 Å². The van der Waals surface area contributed by atoms with E-state index in [-0.39, 0.29) is 12.4 Å². The Bertz CT molecular complexity index is 461. The van der Waals surface area contributed by atoms with Gasteiger partial charge in [-0.05, 0) is 32.0 Å². The Kier molecular flexibility index (Phi) is 4.13. The monoisotopic (exact) mass is 255 g/mol. The minimum absolute atomic E-state index is 0.106. The Morgan fingerprint density at radius 3 is 2.56 bits per heavy atom. The highest BCUT2D eigenvalue weighted by atomic mass is 19.1. The van der Waals surface area contributed by atoms with Gasteiger partial charge in [-0.15, -0.1) is 0 Å². The van der Waals surface area contributed by atoms with Crippen LogP contribution in [0.2, 0.25) is 0 Å². The molecule has 0 bridgehead atoms. The second kappa shape index (κ2) is 5.22. The zero-order chi connectivity index (χ0) is 13.9. The summed E-state index contributed by atoms with van der Waals surface area (Å²) in [5, 5.41) is 20.6. The van der Waals surface area contributed by atoms with Gasteiger partial charge in [-0.2, -0.15) is 0 Å². The van der Waals surface area contributed by atoms with E-state index in [1.165, 1.54) is 12.1 Å². The highest BCUT2D eigenvalue weighted by Crippen LogP contribution is 2.25. The fourth-order valence-corrected chi connectivity index (χ4v) is 1.43. The molecule has 0 heterocycles. The van der Waals surface area contributed by atoms with E-state index in [0.29, 0.717) is 11.3 Å². The number of halogens is 1. The minimum Gasteiger partial charge on any atom is -0.409 e. The summed E-state index contributed by atoms with van der Waals surface area (Å²) in [7, 11) is 1.69. The lowest BCUT2D eigenvalue weighted by Gasteiger charge is -2.36. The number of hydrogen-bond acceptors (Lipinski definition) is 4. The number of hydrogen-bond donors (Lipinski definition) is 3. The van der Waals surface area contributed by atoms with E-state index in [1.54, 1.807) is 31.9 Å². The maximum atomic E-state index is 13.9. The lowest BCUT2D eigenvalue weighted by Crippen LogP contribution is -2.44. The van der Waals surface area contributed by atoms with E-state index in [0.717, 1.165) is 0 Å². The molecule has 0 saturated carbocycles. The van der Waals surface area contributed by atoms with Gasteiger partial charge in [-0.25, -0.2) is 4.39 Å². The highest BCUT2D eigenvalue weighted by molar-refractivity contribution is 5.97. The number of rotatable bonds is 4. The smallest absolute Gasteiger partial charge is 0.170 e. The number of amidine groups is 1. The summed E-state index contributed by atoms with van der Waals surface area (Å²) in [6.45, 7) is 3.48. The van der Waals surface area contributed by atoms with Crippen LogP contribution in [0.25, 0.3) is 0 Å². The third kappa shape index (κ3) is 2.70. The number of nitrogens with two attached hydrogens (primary N) is 1. The number of aliphatic hydroxyl groups excluding tert-OH is 1. The van der Waals surface area contributed by atoms with Gasteiger partial charge in [0, 0.05) is 12.6 Å². The maximum Gasteiger partial charge on any atom is 0.170 e. The molecule has 0 saturated heterocycles. The van der Waals surface area contributed by atoms with Crippen molar-refractivity contribution in [1.29, 1.82) is 0 Å². The highest BCUT2D eigenvalue weighted by Gasteiger charge is 2.25. The van der Waals surface area contributed by atoms with Gasteiger partial charge in [0.2, 0.25) is 0 Å². The van der Waals surface area contributed by atoms with Crippen LogP contribution in [0.15, 0.2) is 23.4 Å². The molecule has 0 atom stereocenters. The SMILES string of the molecule is CN(c1ccc(/C(N)=N/O)cc1F)C(C)(C)CO. The molecule has 0 aliphatic heterocycles. The van der Waals surface area contributed by atoms with Crippen molar-refractivity contribution < 1.29 is 14.7 Å². The number of nitrogens with zero attached hydrogens (tertiary/aromatic N) is 2. The fraction of sp³-hybridized carbons (Fsp3) is 0.417. The lowest BCUT2D eigenvalue weighted by molar-refractivity contribution is 0.215. The molecule has 0 unspecified atom stereocenters. The van der Waals surface area contributed by atoms with Gasteiger partial charge in [0.25, 0.3) is 0 Å². The molecular weight excluding hydrogens is 237 g/mol. The average Bonchev–Trinajstić information content (AvgIpc) is 2.36. The van der Waals surface area contributed by atoms with E-state index in [9.17, 15) is 9.50 Å². The molecule has 0 aromatic heterocycles. The van der Waals surface area contributed by atoms with Crippen molar-refractivity contribution in [2.45, 2.75) is 19.4 Å². The minimum atomic E-state index is -0.584. The zero-order valence-corrected chi connectivity index (χ0v) is 10.7. The van der Waals surface area contributed by atoms with Crippen LogP contribution in [0.3, 0.4) is 0 Å². The summed E-state index contributed by atoms with van der Waals surface area (Å²) >= 11 is 0. The van der Waals surface area contributed by atoms with Crippen molar-refractivity contribution in [2.24, 2.45) is 10.9 Å². The first-order chi connectivity index (χ1) is 8.33. The first-order valence-corrected chi connectivity index (χ1v) is 5.45. The summed E-state index contributed by atoms with van der Waals surface area (Å²) in [5.41, 5.74) is 5.43. The summed E-state index contributed by atoms with van der Waals surface area (Å²) < 4.78 is 13.9. The van der Waals surface area contributed by atoms with Gasteiger partial charge in [0.15, 0.2) is 5.84 Å². The van der Waals surface area contributed by atoms with Gasteiger partial charge in [0.05, 0.1) is 17.8 Å². The first kappa shape index (κ1) is 14.2. The van der Waals surface area contributed by atoms with Crippen molar-refractivity contribution in [2.75, 3.05) is 18.6 Å². The molecule has 1 rings (SSSR count). The molecule has 6 heteroatoms. The number of likely N-dealkylation sites (N-methyl/N-ethyl adjacent to an activating group) is 1. The Hall–Kier alpha value is -1.82. The van der Waals surface area contributed by atoms with Crippen molar-refractivity contribution in [3.8, 4) is 0 Å². The number of oxime groups is 1. The van der Waals surface area contributed by atoms with Gasteiger partial charge in [-0.3, -0.25) is 0 Å². The van der Waals surface area contributed by atoms with Crippen LogP contribution in [-0.4, -0.2) is 35.3 Å². The van der Waals surface area contributed by atoms with Crippen LogP contribution in [0.1, 0.15) is 19.4 Å². The summed E-state index contributed by atoms with van der Waals surface area (Å²) in [4.78, 5) is 1.64. The summed E-state index contributed by atoms with van der Waals surface area (Å²) in [5.74, 6) is -0.646. The molecule has 100 valence electrons. The molecule has 1 aromatic rings. The van der Waals surface area contributed by atoms with Crippen LogP contribution in [-0.2, 0) is 0 Å². The third-order valence-corrected chi connectivity index (χ3v) is 3.01. The predicted molar refractivity (Wildman–Crippen MR) is 68.5 cm³/mol. The average molecular weight is 255 g/mol. The lowest BCUT2D eigenvalue weighted by atomic mass is 10.0. The fourth-order valence-electron chi connectivity index (χ4n) is 1.43. The summed E-state index contributed by atoms with van der Waals surface area (Å²) in [6.07, 6.45) is 0. The van der Waals surface area contributed by atoms with Crippen LogP contribution >= 0.6 is 0 Å². The topological polar surface area (TPSA) is 82.1 Å². The van der Waals surface area contributed by atoms with Crippen LogP contribution in [0.4, 0.5) is 10.1 Å². The normalized spacial score (nSPS) is 12.6. The quantitative estimate of drug-likeness (QED) is 0.326. The molecular formula is C12H18FN3O2. The Labute approximate surface area is 105 Å². The van der Waals surface area contributed by atoms with E-state index in [1.807, 2.05) is 0 Å². The van der Waals surface area contributed by atoms with Crippen LogP contribution < -0.4 is 10.6 Å². The Balaban J connectivity index is 3.14. The molecule has 1 aromatic carbocycles. The Morgan fingerprint density at radius 2 is 2.11 bits per heavy atom. The predicted octanol–water partition coefficient (Wildman–Crippen LogP) is 1.13. The molecule has 4 N–H and O–H groups in total. The van der Waals surface area contributed by atoms with Crippen molar-refractivity contribution >= 4 is 11.5 Å². The Morgan fingerprint density at radius 1 is 1.50 bits per heavy atom. The third-order valence-electron chi connectivity index (χ3n) is 3.01. The van der Waals surface area contributed by atoms with Crippen LogP contribution in [0.5, 0.6) is 0 Å². The standard InChI is InChI=1S/C12H18FN3O2/c1-12(2,7-17)16(3)10-5-4-8(6-9(10)13)11(14)15-18/h4-6,17-18H,7H2,1-3H3,(H2,14,15). The van der Waals surface area contributed by atoms with Crippen molar-refractivity contribution in [3.63, 3.8) is 0 Å². The first-order valence-electron chi connectivity index (χ1n) is 5.45. The van der Waals surface area contributed by atoms with Gasteiger partial charge in [-0.1, -0.05) is 5.16 Å². The second-order valence-corrected chi connectivity index (χ2v) is 4.68. The molecule has 0 amide bonds. The van der Waals surface area contributed by atoms with Crippen molar-refractivity contribution in [3.05, 3.63) is 29.6 Å². The number of aliphatic hydroxyl groups is 1. The molecule has 5 nitrogen and oxygen atoms in total. The maximum absolute atomic E-state index is 13.9. The van der Waals surface area contributed by atoms with E-state index in [2.05, 4.69) is 5.16 Å². The zero-order valence-electron chi connectivity index (χ0n) is 10.7. The van der Waals surface area contributed by atoms with Crippen molar-refractivity contribution in [1.82, 2.24) is 0 Å². The van der Waals surface area contributed by atoms with Gasteiger partial charge in [0.1, 0.15) is 5.82 Å². The number of anilines is 1. The summed E-state index contributed by atoms with van der Waals surface area (Å²) in [6, 6.07) is 4.27. The van der Waals surface area contributed by atoms with E-state index >= 15 is 0 Å². The molecule has 0 fully saturated rings. The van der Waals surface area contributed by atoms with Gasteiger partial charge < -0.3 is 20.9 Å². The van der Waals surface area contributed by atoms with Crippen LogP contribution in [0, 0.1) is 5.82 Å². The molecule has 18 heavy (non-hydrogen) atoms. The molecule has 0 aliphatic carbocycles. The molecule has 0 aliphatic rings. The van der Waals surface area contributed by atoms with E-state index < -0.39 is 11.4 Å². The number of benzene rings is 1.